The Hall–Kier alpha value is -2.08. The molecular formula is C15H12F3NOS. The number of benzene rings is 2. The van der Waals surface area contributed by atoms with Gasteiger partial charge >= 0.3 is 6.18 Å². The average Bonchev–Trinajstić information content (AvgIpc) is 2.45. The van der Waals surface area contributed by atoms with Crippen LogP contribution in [0.2, 0.25) is 0 Å². The number of alkyl halides is 3. The van der Waals surface area contributed by atoms with Crippen molar-refractivity contribution in [2.75, 3.05) is 0 Å². The molecule has 2 rings (SSSR count). The molecule has 0 unspecified atom stereocenters. The molecule has 2 aromatic carbocycles. The lowest BCUT2D eigenvalue weighted by atomic mass is 10.1. The van der Waals surface area contributed by atoms with Crippen LogP contribution in [0.3, 0.4) is 0 Å². The van der Waals surface area contributed by atoms with Crippen LogP contribution in [0.4, 0.5) is 13.2 Å². The SMILES string of the molecule is Oc1ccccc1C(=S)NCc1cccc(C(F)(F)F)c1. The Balaban J connectivity index is 2.07. The monoisotopic (exact) mass is 311 g/mol. The molecule has 2 aromatic rings. The van der Waals surface area contributed by atoms with Gasteiger partial charge in [-0.15, -0.1) is 0 Å². The van der Waals surface area contributed by atoms with Crippen LogP contribution in [0.1, 0.15) is 16.7 Å². The van der Waals surface area contributed by atoms with E-state index in [1.165, 1.54) is 12.1 Å². The zero-order valence-corrected chi connectivity index (χ0v) is 11.6. The second-order valence-electron chi connectivity index (χ2n) is 4.40. The molecule has 0 spiro atoms. The van der Waals surface area contributed by atoms with Crippen molar-refractivity contribution in [1.82, 2.24) is 5.32 Å². The van der Waals surface area contributed by atoms with Crippen LogP contribution in [0, 0.1) is 0 Å². The first kappa shape index (κ1) is 15.3. The Morgan fingerprint density at radius 3 is 2.48 bits per heavy atom. The maximum Gasteiger partial charge on any atom is 0.416 e. The van der Waals surface area contributed by atoms with Crippen molar-refractivity contribution in [1.29, 1.82) is 0 Å². The first-order valence-electron chi connectivity index (χ1n) is 6.10. The number of nitrogens with one attached hydrogen (secondary N) is 1. The average molecular weight is 311 g/mol. The molecule has 0 aromatic heterocycles. The van der Waals surface area contributed by atoms with E-state index in [0.29, 0.717) is 11.1 Å². The van der Waals surface area contributed by atoms with Gasteiger partial charge in [-0.05, 0) is 29.8 Å². The standard InChI is InChI=1S/C15H12F3NOS/c16-15(17,18)11-5-3-4-10(8-11)9-19-14(21)12-6-1-2-7-13(12)20/h1-8,20H,9H2,(H,19,21). The van der Waals surface area contributed by atoms with Crippen molar-refractivity contribution >= 4 is 17.2 Å². The van der Waals surface area contributed by atoms with Gasteiger partial charge in [0.1, 0.15) is 10.7 Å². The Morgan fingerprint density at radius 2 is 1.81 bits per heavy atom. The summed E-state index contributed by atoms with van der Waals surface area (Å²) in [5.41, 5.74) is 0.206. The highest BCUT2D eigenvalue weighted by Crippen LogP contribution is 2.29. The van der Waals surface area contributed by atoms with Crippen molar-refractivity contribution < 1.29 is 18.3 Å². The van der Waals surface area contributed by atoms with Crippen LogP contribution < -0.4 is 5.32 Å². The topological polar surface area (TPSA) is 32.3 Å². The molecule has 0 aliphatic heterocycles. The first-order chi connectivity index (χ1) is 9.88. The fourth-order valence-corrected chi connectivity index (χ4v) is 2.05. The Bertz CT molecular complexity index is 655. The Labute approximate surface area is 125 Å². The minimum absolute atomic E-state index is 0.0269. The minimum Gasteiger partial charge on any atom is -0.507 e. The third-order valence-electron chi connectivity index (χ3n) is 2.86. The van der Waals surface area contributed by atoms with Gasteiger partial charge in [0.25, 0.3) is 0 Å². The van der Waals surface area contributed by atoms with E-state index in [9.17, 15) is 18.3 Å². The molecule has 110 valence electrons. The van der Waals surface area contributed by atoms with Gasteiger partial charge in [0.15, 0.2) is 0 Å². The predicted octanol–water partition coefficient (Wildman–Crippen LogP) is 3.88. The zero-order valence-electron chi connectivity index (χ0n) is 10.8. The number of hydrogen-bond donors (Lipinski definition) is 2. The maximum absolute atomic E-state index is 12.6. The molecule has 21 heavy (non-hydrogen) atoms. The molecule has 6 heteroatoms. The van der Waals surface area contributed by atoms with Gasteiger partial charge in [0.2, 0.25) is 0 Å². The van der Waals surface area contributed by atoms with Crippen LogP contribution in [0.15, 0.2) is 48.5 Å². The maximum atomic E-state index is 12.6. The molecular weight excluding hydrogens is 299 g/mol. The van der Waals surface area contributed by atoms with Crippen LogP contribution in [0.25, 0.3) is 0 Å². The summed E-state index contributed by atoms with van der Waals surface area (Å²) in [5, 5.41) is 12.5. The molecule has 0 atom stereocenters. The van der Waals surface area contributed by atoms with E-state index >= 15 is 0 Å². The minimum atomic E-state index is -4.37. The second kappa shape index (κ2) is 6.13. The summed E-state index contributed by atoms with van der Waals surface area (Å²) in [6.45, 7) is 0.150. The predicted molar refractivity (Wildman–Crippen MR) is 78.1 cm³/mol. The van der Waals surface area contributed by atoms with Gasteiger partial charge in [-0.3, -0.25) is 0 Å². The molecule has 0 saturated heterocycles. The number of hydrogen-bond acceptors (Lipinski definition) is 2. The number of para-hydroxylation sites is 1. The van der Waals surface area contributed by atoms with E-state index in [1.54, 1.807) is 24.3 Å². The molecule has 2 nitrogen and oxygen atoms in total. The summed E-state index contributed by atoms with van der Waals surface area (Å²) >= 11 is 5.12. The molecule has 0 radical (unpaired) electrons. The fraction of sp³-hybridized carbons (Fsp3) is 0.133. The van der Waals surface area contributed by atoms with Crippen LogP contribution in [0.5, 0.6) is 5.75 Å². The third-order valence-corrected chi connectivity index (χ3v) is 3.22. The van der Waals surface area contributed by atoms with Gasteiger partial charge in [-0.25, -0.2) is 0 Å². The number of aromatic hydroxyl groups is 1. The quantitative estimate of drug-likeness (QED) is 0.844. The summed E-state index contributed by atoms with van der Waals surface area (Å²) in [5.74, 6) is 0.0269. The molecule has 0 amide bonds. The third kappa shape index (κ3) is 3.95. The highest BCUT2D eigenvalue weighted by molar-refractivity contribution is 7.80. The van der Waals surface area contributed by atoms with Crippen LogP contribution in [-0.4, -0.2) is 10.1 Å². The van der Waals surface area contributed by atoms with E-state index in [-0.39, 0.29) is 17.3 Å². The zero-order chi connectivity index (χ0) is 15.5. The van der Waals surface area contributed by atoms with E-state index < -0.39 is 11.7 Å². The van der Waals surface area contributed by atoms with Gasteiger partial charge < -0.3 is 10.4 Å². The van der Waals surface area contributed by atoms with Crippen molar-refractivity contribution in [3.8, 4) is 5.75 Å². The summed E-state index contributed by atoms with van der Waals surface area (Å²) < 4.78 is 37.8. The van der Waals surface area contributed by atoms with Gasteiger partial charge in [-0.2, -0.15) is 13.2 Å². The number of phenols is 1. The lowest BCUT2D eigenvalue weighted by molar-refractivity contribution is -0.137. The molecule has 0 aliphatic rings. The second-order valence-corrected chi connectivity index (χ2v) is 4.81. The molecule has 0 bridgehead atoms. The largest absolute Gasteiger partial charge is 0.507 e. The normalized spacial score (nSPS) is 11.2. The highest BCUT2D eigenvalue weighted by Gasteiger charge is 2.30. The summed E-state index contributed by atoms with van der Waals surface area (Å²) in [7, 11) is 0. The number of halogens is 3. The van der Waals surface area contributed by atoms with E-state index in [1.807, 2.05) is 0 Å². The molecule has 0 saturated carbocycles. The lowest BCUT2D eigenvalue weighted by Crippen LogP contribution is -2.22. The van der Waals surface area contributed by atoms with Crippen molar-refractivity contribution in [2.24, 2.45) is 0 Å². The lowest BCUT2D eigenvalue weighted by Gasteiger charge is -2.11. The highest BCUT2D eigenvalue weighted by atomic mass is 32.1. The summed E-state index contributed by atoms with van der Waals surface area (Å²) in [6.07, 6.45) is -4.37. The van der Waals surface area contributed by atoms with Gasteiger partial charge in [0, 0.05) is 6.54 Å². The van der Waals surface area contributed by atoms with Crippen molar-refractivity contribution in [3.05, 3.63) is 65.2 Å². The first-order valence-corrected chi connectivity index (χ1v) is 6.51. The smallest absolute Gasteiger partial charge is 0.416 e. The molecule has 0 aliphatic carbocycles. The van der Waals surface area contributed by atoms with Gasteiger partial charge in [-0.1, -0.05) is 36.5 Å². The Kier molecular flexibility index (Phi) is 4.47. The summed E-state index contributed by atoms with van der Waals surface area (Å²) in [6, 6.07) is 11.5. The van der Waals surface area contributed by atoms with E-state index in [2.05, 4.69) is 5.32 Å². The van der Waals surface area contributed by atoms with Gasteiger partial charge in [0.05, 0.1) is 11.1 Å². The van der Waals surface area contributed by atoms with Crippen LogP contribution in [-0.2, 0) is 12.7 Å². The molecule has 0 heterocycles. The number of thiocarbonyl (C=S) groups is 1. The van der Waals surface area contributed by atoms with Crippen molar-refractivity contribution in [3.63, 3.8) is 0 Å². The van der Waals surface area contributed by atoms with Crippen LogP contribution >= 0.6 is 12.2 Å². The van der Waals surface area contributed by atoms with Crippen molar-refractivity contribution in [2.45, 2.75) is 12.7 Å². The molecule has 0 fully saturated rings. The van der Waals surface area contributed by atoms with E-state index in [4.69, 9.17) is 12.2 Å². The van der Waals surface area contributed by atoms with E-state index in [0.717, 1.165) is 12.1 Å². The molecule has 2 N–H and O–H groups in total. The Morgan fingerprint density at radius 1 is 1.10 bits per heavy atom. The summed E-state index contributed by atoms with van der Waals surface area (Å²) in [4.78, 5) is 0.283. The fourth-order valence-electron chi connectivity index (χ4n) is 1.80. The number of rotatable bonds is 3. The number of phenolic OH excluding ortho intramolecular Hbond substituents is 1.